The first-order valence-corrected chi connectivity index (χ1v) is 9.63. The second-order valence-corrected chi connectivity index (χ2v) is 7.17. The summed E-state index contributed by atoms with van der Waals surface area (Å²) < 4.78 is 5.50. The zero-order valence-electron chi connectivity index (χ0n) is 13.8. The zero-order chi connectivity index (χ0) is 16.4. The molecule has 0 fully saturated rings. The second kappa shape index (κ2) is 6.89. The van der Waals surface area contributed by atoms with E-state index in [4.69, 9.17) is 4.74 Å². The number of hydrogen-bond acceptors (Lipinski definition) is 4. The van der Waals surface area contributed by atoms with E-state index >= 15 is 0 Å². The molecule has 0 amide bonds. The summed E-state index contributed by atoms with van der Waals surface area (Å²) in [7, 11) is 1.72. The van der Waals surface area contributed by atoms with Gasteiger partial charge in [-0.1, -0.05) is 18.2 Å². The van der Waals surface area contributed by atoms with Crippen molar-refractivity contribution in [1.82, 2.24) is 9.97 Å². The fourth-order valence-electron chi connectivity index (χ4n) is 2.75. The molecular formula is C18H20N2OS2. The van der Waals surface area contributed by atoms with Gasteiger partial charge >= 0.3 is 0 Å². The SMILES string of the molecule is COc1c(C)cnc(CSc2[nH]c3ccccc3c2SC)c1C. The Morgan fingerprint density at radius 1 is 1.22 bits per heavy atom. The van der Waals surface area contributed by atoms with Crippen molar-refractivity contribution in [3.05, 3.63) is 47.3 Å². The average molecular weight is 345 g/mol. The summed E-state index contributed by atoms with van der Waals surface area (Å²) in [4.78, 5) is 9.42. The maximum Gasteiger partial charge on any atom is 0.128 e. The highest BCUT2D eigenvalue weighted by Crippen LogP contribution is 2.38. The van der Waals surface area contributed by atoms with Crippen LogP contribution >= 0.6 is 23.5 Å². The Balaban J connectivity index is 1.89. The summed E-state index contributed by atoms with van der Waals surface area (Å²) in [5.41, 5.74) is 4.46. The standard InChI is InChI=1S/C18H20N2OS2/c1-11-9-19-15(12(2)16(11)21-3)10-23-18-17(22-4)13-7-5-6-8-14(13)20-18/h5-9,20H,10H2,1-4H3. The van der Waals surface area contributed by atoms with E-state index in [-0.39, 0.29) is 0 Å². The van der Waals surface area contributed by atoms with Gasteiger partial charge in [0.25, 0.3) is 0 Å². The summed E-state index contributed by atoms with van der Waals surface area (Å²) in [6.45, 7) is 4.11. The number of aromatic nitrogens is 2. The van der Waals surface area contributed by atoms with Gasteiger partial charge in [0.15, 0.2) is 0 Å². The van der Waals surface area contributed by atoms with Gasteiger partial charge in [0.2, 0.25) is 0 Å². The number of aryl methyl sites for hydroxylation is 1. The summed E-state index contributed by atoms with van der Waals surface area (Å²) in [6.07, 6.45) is 4.01. The van der Waals surface area contributed by atoms with Crippen LogP contribution in [0, 0.1) is 13.8 Å². The molecule has 23 heavy (non-hydrogen) atoms. The minimum absolute atomic E-state index is 0.822. The number of H-pyrrole nitrogens is 1. The molecule has 0 aliphatic rings. The number of ether oxygens (including phenoxy) is 1. The first kappa shape index (κ1) is 16.3. The van der Waals surface area contributed by atoms with Gasteiger partial charge in [-0.3, -0.25) is 4.98 Å². The van der Waals surface area contributed by atoms with Gasteiger partial charge < -0.3 is 9.72 Å². The van der Waals surface area contributed by atoms with Crippen molar-refractivity contribution in [2.45, 2.75) is 29.5 Å². The Morgan fingerprint density at radius 2 is 2.00 bits per heavy atom. The highest BCUT2D eigenvalue weighted by atomic mass is 32.2. The lowest BCUT2D eigenvalue weighted by atomic mass is 10.1. The molecule has 1 N–H and O–H groups in total. The second-order valence-electron chi connectivity index (χ2n) is 5.37. The van der Waals surface area contributed by atoms with E-state index in [1.54, 1.807) is 30.6 Å². The number of nitrogens with zero attached hydrogens (tertiary/aromatic N) is 1. The number of methoxy groups -OCH3 is 1. The van der Waals surface area contributed by atoms with Gasteiger partial charge in [-0.25, -0.2) is 0 Å². The van der Waals surface area contributed by atoms with Crippen LogP contribution in [-0.4, -0.2) is 23.3 Å². The van der Waals surface area contributed by atoms with Crippen molar-refractivity contribution < 1.29 is 4.74 Å². The van der Waals surface area contributed by atoms with Crippen LogP contribution in [0.25, 0.3) is 10.9 Å². The monoisotopic (exact) mass is 344 g/mol. The lowest BCUT2D eigenvalue weighted by molar-refractivity contribution is 0.407. The molecule has 2 heterocycles. The van der Waals surface area contributed by atoms with Gasteiger partial charge in [-0.15, -0.1) is 23.5 Å². The van der Waals surface area contributed by atoms with Crippen LogP contribution in [0.2, 0.25) is 0 Å². The Morgan fingerprint density at radius 3 is 2.74 bits per heavy atom. The number of benzene rings is 1. The number of fused-ring (bicyclic) bond motifs is 1. The van der Waals surface area contributed by atoms with Crippen LogP contribution in [0.4, 0.5) is 0 Å². The molecule has 3 nitrogen and oxygen atoms in total. The van der Waals surface area contributed by atoms with Crippen LogP contribution < -0.4 is 4.74 Å². The molecule has 0 spiro atoms. The summed E-state index contributed by atoms with van der Waals surface area (Å²) in [5.74, 6) is 1.76. The normalized spacial score (nSPS) is 11.1. The number of thioether (sulfide) groups is 2. The van der Waals surface area contributed by atoms with Crippen molar-refractivity contribution in [3.63, 3.8) is 0 Å². The molecule has 0 saturated heterocycles. The molecule has 0 atom stereocenters. The van der Waals surface area contributed by atoms with Crippen molar-refractivity contribution >= 4 is 34.4 Å². The number of pyridine rings is 1. The van der Waals surface area contributed by atoms with Crippen molar-refractivity contribution in [3.8, 4) is 5.75 Å². The molecule has 3 aromatic rings. The Kier molecular flexibility index (Phi) is 4.87. The molecular weight excluding hydrogens is 324 g/mol. The number of aromatic amines is 1. The minimum Gasteiger partial charge on any atom is -0.496 e. The molecule has 0 aliphatic heterocycles. The van der Waals surface area contributed by atoms with Crippen LogP contribution in [0.1, 0.15) is 16.8 Å². The fourth-order valence-corrected chi connectivity index (χ4v) is 4.81. The third-order valence-electron chi connectivity index (χ3n) is 3.93. The van der Waals surface area contributed by atoms with E-state index in [1.807, 2.05) is 13.1 Å². The average Bonchev–Trinajstić information content (AvgIpc) is 2.92. The van der Waals surface area contributed by atoms with Crippen LogP contribution in [0.3, 0.4) is 0 Å². The number of para-hydroxylation sites is 1. The molecule has 0 saturated carbocycles. The highest BCUT2D eigenvalue weighted by Gasteiger charge is 2.14. The number of rotatable bonds is 5. The summed E-state index contributed by atoms with van der Waals surface area (Å²) in [5, 5.41) is 2.49. The Hall–Kier alpha value is -1.59. The topological polar surface area (TPSA) is 37.9 Å². The van der Waals surface area contributed by atoms with E-state index in [9.17, 15) is 0 Å². The molecule has 1 aromatic carbocycles. The first-order valence-electron chi connectivity index (χ1n) is 7.42. The first-order chi connectivity index (χ1) is 11.2. The Bertz CT molecular complexity index is 842. The van der Waals surface area contributed by atoms with Gasteiger partial charge in [-0.05, 0) is 26.2 Å². The number of hydrogen-bond donors (Lipinski definition) is 1. The van der Waals surface area contributed by atoms with Gasteiger partial charge in [0.05, 0.1) is 17.8 Å². The molecule has 120 valence electrons. The quantitative estimate of drug-likeness (QED) is 0.645. The highest BCUT2D eigenvalue weighted by molar-refractivity contribution is 8.01. The molecule has 2 aromatic heterocycles. The maximum absolute atomic E-state index is 5.50. The molecule has 5 heteroatoms. The van der Waals surface area contributed by atoms with Crippen LogP contribution in [0.15, 0.2) is 40.4 Å². The van der Waals surface area contributed by atoms with E-state index in [2.05, 4.69) is 47.4 Å². The minimum atomic E-state index is 0.822. The van der Waals surface area contributed by atoms with Crippen molar-refractivity contribution in [2.24, 2.45) is 0 Å². The summed E-state index contributed by atoms with van der Waals surface area (Å²) >= 11 is 3.58. The predicted molar refractivity (Wildman–Crippen MR) is 99.9 cm³/mol. The van der Waals surface area contributed by atoms with Gasteiger partial charge in [0, 0.05) is 38.9 Å². The molecule has 0 radical (unpaired) electrons. The van der Waals surface area contributed by atoms with E-state index < -0.39 is 0 Å². The molecule has 3 rings (SSSR count). The smallest absolute Gasteiger partial charge is 0.128 e. The molecule has 0 unspecified atom stereocenters. The fraction of sp³-hybridized carbons (Fsp3) is 0.278. The largest absolute Gasteiger partial charge is 0.496 e. The van der Waals surface area contributed by atoms with Crippen LogP contribution in [0.5, 0.6) is 5.75 Å². The van der Waals surface area contributed by atoms with Crippen molar-refractivity contribution in [2.75, 3.05) is 13.4 Å². The van der Waals surface area contributed by atoms with Crippen molar-refractivity contribution in [1.29, 1.82) is 0 Å². The van der Waals surface area contributed by atoms with E-state index in [0.29, 0.717) is 0 Å². The Labute approximate surface area is 145 Å². The van der Waals surface area contributed by atoms with Gasteiger partial charge in [-0.2, -0.15) is 0 Å². The van der Waals surface area contributed by atoms with E-state index in [1.165, 1.54) is 20.8 Å². The molecule has 0 bridgehead atoms. The van der Waals surface area contributed by atoms with Crippen LogP contribution in [-0.2, 0) is 5.75 Å². The maximum atomic E-state index is 5.50. The predicted octanol–water partition coefficient (Wildman–Crippen LogP) is 5.20. The third kappa shape index (κ3) is 3.08. The lowest BCUT2D eigenvalue weighted by Gasteiger charge is -2.12. The zero-order valence-corrected chi connectivity index (χ0v) is 15.4. The van der Waals surface area contributed by atoms with E-state index in [0.717, 1.165) is 28.3 Å². The lowest BCUT2D eigenvalue weighted by Crippen LogP contribution is -1.98. The van der Waals surface area contributed by atoms with Gasteiger partial charge in [0.1, 0.15) is 5.75 Å². The summed E-state index contributed by atoms with van der Waals surface area (Å²) in [6, 6.07) is 8.44. The molecule has 0 aliphatic carbocycles. The number of nitrogens with one attached hydrogen (secondary N) is 1. The third-order valence-corrected chi connectivity index (χ3v) is 5.91.